The van der Waals surface area contributed by atoms with Crippen LogP contribution in [-0.2, 0) is 12.8 Å². The Morgan fingerprint density at radius 1 is 1.00 bits per heavy atom. The molecule has 1 aliphatic rings. The van der Waals surface area contributed by atoms with Crippen molar-refractivity contribution in [3.05, 3.63) is 69.7 Å². The van der Waals surface area contributed by atoms with Crippen LogP contribution in [0.15, 0.2) is 42.5 Å². The van der Waals surface area contributed by atoms with Gasteiger partial charge in [0.25, 0.3) is 0 Å². The van der Waals surface area contributed by atoms with E-state index in [1.165, 1.54) is 28.7 Å². The lowest BCUT2D eigenvalue weighted by atomic mass is 9.77. The van der Waals surface area contributed by atoms with Crippen LogP contribution in [-0.4, -0.2) is 11.2 Å². The zero-order valence-electron chi connectivity index (χ0n) is 15.3. The van der Waals surface area contributed by atoms with Crippen molar-refractivity contribution in [2.75, 3.05) is 0 Å². The lowest BCUT2D eigenvalue weighted by Crippen LogP contribution is -2.23. The van der Waals surface area contributed by atoms with Gasteiger partial charge in [-0.25, -0.2) is 0 Å². The van der Waals surface area contributed by atoms with Gasteiger partial charge < -0.3 is 5.11 Å². The third-order valence-corrected chi connectivity index (χ3v) is 5.78. The highest BCUT2D eigenvalue weighted by Crippen LogP contribution is 2.37. The highest BCUT2D eigenvalue weighted by Gasteiger charge is 2.26. The minimum absolute atomic E-state index is 0.168. The fraction of sp³-hybridized carbons (Fsp3) is 0.478. The minimum atomic E-state index is -0.168. The van der Waals surface area contributed by atoms with E-state index in [0.717, 1.165) is 37.1 Å². The number of hydrogen-bond acceptors (Lipinski definition) is 1. The van der Waals surface area contributed by atoms with Gasteiger partial charge in [-0.15, -0.1) is 0 Å². The van der Waals surface area contributed by atoms with E-state index in [2.05, 4.69) is 50.2 Å². The molecule has 2 aromatic carbocycles. The fourth-order valence-corrected chi connectivity index (χ4v) is 4.34. The van der Waals surface area contributed by atoms with Crippen LogP contribution in [0.3, 0.4) is 0 Å². The van der Waals surface area contributed by atoms with E-state index < -0.39 is 0 Å². The first kappa shape index (κ1) is 18.5. The maximum Gasteiger partial charge on any atom is 0.0548 e. The van der Waals surface area contributed by atoms with Crippen LogP contribution >= 0.6 is 11.6 Å². The molecule has 1 nitrogen and oxygen atoms in total. The number of aliphatic hydroxyl groups excluding tert-OH is 1. The van der Waals surface area contributed by atoms with Crippen LogP contribution in [0.4, 0.5) is 0 Å². The van der Waals surface area contributed by atoms with E-state index in [-0.39, 0.29) is 6.10 Å². The molecular formula is C23H29ClO. The summed E-state index contributed by atoms with van der Waals surface area (Å²) < 4.78 is 0. The van der Waals surface area contributed by atoms with Crippen molar-refractivity contribution in [3.8, 4) is 0 Å². The van der Waals surface area contributed by atoms with E-state index in [9.17, 15) is 5.11 Å². The number of aryl methyl sites for hydroxylation is 1. The van der Waals surface area contributed by atoms with E-state index in [1.54, 1.807) is 0 Å². The molecule has 0 heterocycles. The Kier molecular flexibility index (Phi) is 6.19. The van der Waals surface area contributed by atoms with E-state index in [0.29, 0.717) is 11.8 Å². The Balaban J connectivity index is 1.77. The van der Waals surface area contributed by atoms with Crippen molar-refractivity contribution < 1.29 is 5.11 Å². The molecule has 1 aliphatic carbocycles. The van der Waals surface area contributed by atoms with Crippen molar-refractivity contribution in [1.29, 1.82) is 0 Å². The summed E-state index contributed by atoms with van der Waals surface area (Å²) in [5.74, 6) is 1.03. The van der Waals surface area contributed by atoms with Gasteiger partial charge in [-0.05, 0) is 72.3 Å². The van der Waals surface area contributed by atoms with Gasteiger partial charge in [0.1, 0.15) is 0 Å². The van der Waals surface area contributed by atoms with Crippen LogP contribution in [0, 0.1) is 5.92 Å². The molecule has 0 amide bonds. The molecule has 0 spiro atoms. The normalized spacial score (nSPS) is 23.6. The van der Waals surface area contributed by atoms with Gasteiger partial charge in [-0.1, -0.05) is 68.3 Å². The van der Waals surface area contributed by atoms with E-state index in [4.69, 9.17) is 11.6 Å². The first-order valence-electron chi connectivity index (χ1n) is 9.59. The summed E-state index contributed by atoms with van der Waals surface area (Å²) in [5, 5.41) is 11.0. The average molecular weight is 357 g/mol. The molecule has 25 heavy (non-hydrogen) atoms. The predicted octanol–water partition coefficient (Wildman–Crippen LogP) is 6.15. The zero-order chi connectivity index (χ0) is 17.8. The Hall–Kier alpha value is -1.31. The molecule has 0 radical (unpaired) electrons. The standard InChI is InChI=1S/C23H29ClO/c1-3-4-17-5-7-18(8-6-17)13-21-14-19(9-10-23(21)24)20-11-16(2)12-22(25)15-20/h5-10,14,16,20,22,25H,3-4,11-13,15H2,1-2H3. The zero-order valence-corrected chi connectivity index (χ0v) is 16.1. The van der Waals surface area contributed by atoms with Gasteiger partial charge in [-0.3, -0.25) is 0 Å². The molecule has 134 valence electrons. The summed E-state index contributed by atoms with van der Waals surface area (Å²) in [6.07, 6.45) is 5.97. The molecule has 0 saturated heterocycles. The number of aliphatic hydroxyl groups is 1. The third kappa shape index (κ3) is 4.86. The van der Waals surface area contributed by atoms with Crippen molar-refractivity contribution >= 4 is 11.6 Å². The molecule has 1 N–H and O–H groups in total. The third-order valence-electron chi connectivity index (χ3n) is 5.42. The SMILES string of the molecule is CCCc1ccc(Cc2cc(C3CC(C)CC(O)C3)ccc2Cl)cc1. The second-order valence-electron chi connectivity index (χ2n) is 7.76. The molecule has 0 bridgehead atoms. The summed E-state index contributed by atoms with van der Waals surface area (Å²) in [4.78, 5) is 0. The van der Waals surface area contributed by atoms with Gasteiger partial charge in [0.2, 0.25) is 0 Å². The monoisotopic (exact) mass is 356 g/mol. The molecule has 0 aliphatic heterocycles. The van der Waals surface area contributed by atoms with Crippen LogP contribution < -0.4 is 0 Å². The van der Waals surface area contributed by atoms with Gasteiger partial charge >= 0.3 is 0 Å². The molecule has 1 fully saturated rings. The van der Waals surface area contributed by atoms with Crippen LogP contribution in [0.5, 0.6) is 0 Å². The Morgan fingerprint density at radius 3 is 2.40 bits per heavy atom. The second-order valence-corrected chi connectivity index (χ2v) is 8.16. The molecule has 3 atom stereocenters. The van der Waals surface area contributed by atoms with Gasteiger partial charge in [0.15, 0.2) is 0 Å². The summed E-state index contributed by atoms with van der Waals surface area (Å²) in [6, 6.07) is 15.3. The van der Waals surface area contributed by atoms with Crippen LogP contribution in [0.2, 0.25) is 5.02 Å². The van der Waals surface area contributed by atoms with E-state index >= 15 is 0 Å². The fourth-order valence-electron chi connectivity index (χ4n) is 4.16. The second kappa shape index (κ2) is 8.38. The highest BCUT2D eigenvalue weighted by atomic mass is 35.5. The summed E-state index contributed by atoms with van der Waals surface area (Å²) in [6.45, 7) is 4.45. The van der Waals surface area contributed by atoms with Crippen molar-refractivity contribution in [3.63, 3.8) is 0 Å². The maximum atomic E-state index is 10.1. The van der Waals surface area contributed by atoms with Gasteiger partial charge in [0, 0.05) is 5.02 Å². The highest BCUT2D eigenvalue weighted by molar-refractivity contribution is 6.31. The van der Waals surface area contributed by atoms with Gasteiger partial charge in [-0.2, -0.15) is 0 Å². The van der Waals surface area contributed by atoms with E-state index in [1.807, 2.05) is 6.07 Å². The number of halogens is 1. The summed E-state index contributed by atoms with van der Waals surface area (Å²) in [7, 11) is 0. The van der Waals surface area contributed by atoms with Crippen molar-refractivity contribution in [2.24, 2.45) is 5.92 Å². The quantitative estimate of drug-likeness (QED) is 0.681. The smallest absolute Gasteiger partial charge is 0.0548 e. The van der Waals surface area contributed by atoms with Gasteiger partial charge in [0.05, 0.1) is 6.10 Å². The first-order chi connectivity index (χ1) is 12.0. The molecule has 2 heteroatoms. The van der Waals surface area contributed by atoms with Crippen molar-refractivity contribution in [1.82, 2.24) is 0 Å². The largest absolute Gasteiger partial charge is 0.393 e. The van der Waals surface area contributed by atoms with Crippen molar-refractivity contribution in [2.45, 2.75) is 64.4 Å². The average Bonchev–Trinajstić information content (AvgIpc) is 2.58. The first-order valence-corrected chi connectivity index (χ1v) is 9.97. The molecule has 0 aromatic heterocycles. The molecule has 3 rings (SSSR count). The summed E-state index contributed by atoms with van der Waals surface area (Å²) >= 11 is 6.47. The number of hydrogen-bond donors (Lipinski definition) is 1. The topological polar surface area (TPSA) is 20.2 Å². The molecular weight excluding hydrogens is 328 g/mol. The minimum Gasteiger partial charge on any atom is -0.393 e. The van der Waals surface area contributed by atoms with Crippen LogP contribution in [0.25, 0.3) is 0 Å². The summed E-state index contributed by atoms with van der Waals surface area (Å²) in [5.41, 5.74) is 5.22. The number of benzene rings is 2. The molecule has 1 saturated carbocycles. The Labute approximate surface area is 157 Å². The number of rotatable bonds is 5. The maximum absolute atomic E-state index is 10.1. The van der Waals surface area contributed by atoms with Crippen LogP contribution in [0.1, 0.15) is 67.7 Å². The molecule has 2 aromatic rings. The predicted molar refractivity (Wildman–Crippen MR) is 106 cm³/mol. The Bertz CT molecular complexity index is 682. The lowest BCUT2D eigenvalue weighted by molar-refractivity contribution is 0.0945. The lowest BCUT2D eigenvalue weighted by Gasteiger charge is -2.31. The Morgan fingerprint density at radius 2 is 1.72 bits per heavy atom. The molecule has 3 unspecified atom stereocenters.